The number of nitrogens with zero attached hydrogens (tertiary/aromatic N) is 3. The number of hydrogen-bond donors (Lipinski definition) is 4. The summed E-state index contributed by atoms with van der Waals surface area (Å²) in [5, 5.41) is 12.0. The molecule has 0 spiro atoms. The van der Waals surface area contributed by atoms with Gasteiger partial charge in [0.2, 0.25) is 10.8 Å². The largest absolute Gasteiger partial charge is 0.340 e. The van der Waals surface area contributed by atoms with Crippen molar-refractivity contribution in [2.75, 3.05) is 30.3 Å². The summed E-state index contributed by atoms with van der Waals surface area (Å²) in [6.07, 6.45) is 3.65. The van der Waals surface area contributed by atoms with Crippen LogP contribution in [0.1, 0.15) is 23.3 Å². The number of piperidine rings is 1. The Kier molecular flexibility index (Phi) is 8.45. The first-order valence-corrected chi connectivity index (χ1v) is 15.1. The van der Waals surface area contributed by atoms with E-state index in [1.54, 1.807) is 52.2 Å². The molecule has 1 saturated heterocycles. The Labute approximate surface area is 228 Å². The molecule has 0 bridgehead atoms. The zero-order valence-electron chi connectivity index (χ0n) is 21.3. The third-order valence-electron chi connectivity index (χ3n) is 6.54. The third kappa shape index (κ3) is 6.83. The van der Waals surface area contributed by atoms with E-state index < -0.39 is 10.4 Å². The van der Waals surface area contributed by atoms with Crippen molar-refractivity contribution in [3.63, 3.8) is 0 Å². The van der Waals surface area contributed by atoms with E-state index in [4.69, 9.17) is 0 Å². The van der Waals surface area contributed by atoms with Crippen LogP contribution in [-0.4, -0.2) is 38.5 Å². The lowest BCUT2D eigenvalue weighted by molar-refractivity contribution is 0.245. The summed E-state index contributed by atoms with van der Waals surface area (Å²) in [5.74, 6) is 1.45. The second-order valence-corrected chi connectivity index (χ2v) is 12.5. The standard InChI is InChI=1S/C28H32N6O2S2/c1-21-6-8-23(9-7-21)31-27-14-15-30-28(33-27)32-24-10-12-26(13-11-24)38(35,36)34-16-2-4-22(20-34)18-29-19-25-5-3-17-37-25/h3,5-15,17,22,29H,2,4,16,18-20H2,1H3,(H2-,30,31,32,33,35,36)/p+1. The molecule has 3 heterocycles. The minimum absolute atomic E-state index is 0.343. The van der Waals surface area contributed by atoms with Crippen molar-refractivity contribution in [1.29, 1.82) is 0 Å². The van der Waals surface area contributed by atoms with Gasteiger partial charge in [-0.1, -0.05) is 28.1 Å². The number of nitrogens with one attached hydrogen (secondary N) is 3. The van der Waals surface area contributed by atoms with Gasteiger partial charge in [-0.25, -0.2) is 4.98 Å². The molecule has 1 aliphatic heterocycles. The van der Waals surface area contributed by atoms with Gasteiger partial charge >= 0.3 is 10.4 Å². The normalized spacial score (nSPS) is 17.6. The average molecular weight is 550 g/mol. The van der Waals surface area contributed by atoms with Crippen molar-refractivity contribution in [3.05, 3.63) is 88.7 Å². The van der Waals surface area contributed by atoms with E-state index >= 15 is 0 Å². The Morgan fingerprint density at radius 1 is 1.05 bits per heavy atom. The highest BCUT2D eigenvalue weighted by Crippen LogP contribution is 2.29. The average Bonchev–Trinajstić information content (AvgIpc) is 3.44. The van der Waals surface area contributed by atoms with Crippen molar-refractivity contribution in [2.24, 2.45) is 5.92 Å². The fourth-order valence-corrected chi connectivity index (χ4v) is 6.75. The van der Waals surface area contributed by atoms with Gasteiger partial charge in [0.1, 0.15) is 5.82 Å². The molecular weight excluding hydrogens is 516 g/mol. The van der Waals surface area contributed by atoms with Gasteiger partial charge in [0.25, 0.3) is 0 Å². The number of rotatable bonds is 10. The highest BCUT2D eigenvalue weighted by molar-refractivity contribution is 7.95. The highest BCUT2D eigenvalue weighted by atomic mass is 32.3. The summed E-state index contributed by atoms with van der Waals surface area (Å²) in [4.78, 5) is 10.5. The fourth-order valence-electron chi connectivity index (χ4n) is 4.50. The van der Waals surface area contributed by atoms with Gasteiger partial charge in [-0.2, -0.15) is 9.54 Å². The van der Waals surface area contributed by atoms with E-state index in [1.165, 1.54) is 10.4 Å². The Morgan fingerprint density at radius 2 is 1.82 bits per heavy atom. The quantitative estimate of drug-likeness (QED) is 0.178. The summed E-state index contributed by atoms with van der Waals surface area (Å²) in [7, 11) is -3.31. The number of aromatic nitrogens is 2. The maximum Gasteiger partial charge on any atom is 0.325 e. The fraction of sp³-hybridized carbons (Fsp3) is 0.286. The summed E-state index contributed by atoms with van der Waals surface area (Å²) >= 11 is 1.74. The molecule has 2 unspecified atom stereocenters. The van der Waals surface area contributed by atoms with Gasteiger partial charge in [-0.05, 0) is 78.2 Å². The molecule has 2 aromatic carbocycles. The van der Waals surface area contributed by atoms with Gasteiger partial charge < -0.3 is 16.0 Å². The van der Waals surface area contributed by atoms with Crippen LogP contribution in [0.5, 0.6) is 0 Å². The number of benzene rings is 2. The lowest BCUT2D eigenvalue weighted by Gasteiger charge is -2.30. The second-order valence-electron chi connectivity index (χ2n) is 9.51. The molecule has 198 valence electrons. The van der Waals surface area contributed by atoms with Gasteiger partial charge in [0.15, 0.2) is 0 Å². The summed E-state index contributed by atoms with van der Waals surface area (Å²) in [6, 6.07) is 21.1. The van der Waals surface area contributed by atoms with Crippen LogP contribution >= 0.6 is 11.3 Å². The number of aryl methyl sites for hydroxylation is 1. The molecule has 0 aliphatic carbocycles. The van der Waals surface area contributed by atoms with Crippen LogP contribution in [0.25, 0.3) is 0 Å². The number of anilines is 4. The molecule has 5 rings (SSSR count). The van der Waals surface area contributed by atoms with E-state index in [0.717, 1.165) is 37.3 Å². The van der Waals surface area contributed by atoms with Gasteiger partial charge in [-0.15, -0.1) is 11.3 Å². The maximum absolute atomic E-state index is 13.5. The third-order valence-corrected chi connectivity index (χ3v) is 9.34. The van der Waals surface area contributed by atoms with Crippen molar-refractivity contribution in [1.82, 2.24) is 19.6 Å². The lowest BCUT2D eigenvalue weighted by Crippen LogP contribution is -2.45. The smallest absolute Gasteiger partial charge is 0.325 e. The Hall–Kier alpha value is -3.15. The van der Waals surface area contributed by atoms with E-state index in [9.17, 15) is 8.76 Å². The van der Waals surface area contributed by atoms with E-state index in [-0.39, 0.29) is 0 Å². The van der Waals surface area contributed by atoms with Gasteiger partial charge in [0.05, 0.1) is 6.54 Å². The van der Waals surface area contributed by atoms with Crippen molar-refractivity contribution in [3.8, 4) is 0 Å². The molecule has 38 heavy (non-hydrogen) atoms. The van der Waals surface area contributed by atoms with E-state index in [1.807, 2.05) is 31.2 Å². The molecular formula is C28H33N6O2S2+. The Bertz CT molecular complexity index is 1360. The minimum Gasteiger partial charge on any atom is -0.340 e. The number of hydrogen-bond acceptors (Lipinski definition) is 7. The van der Waals surface area contributed by atoms with Crippen LogP contribution in [0.15, 0.2) is 83.2 Å². The van der Waals surface area contributed by atoms with E-state index in [0.29, 0.717) is 35.7 Å². The molecule has 10 heteroatoms. The van der Waals surface area contributed by atoms with Crippen LogP contribution in [-0.2, 0) is 21.2 Å². The number of thiophene rings is 1. The molecule has 0 radical (unpaired) electrons. The van der Waals surface area contributed by atoms with Crippen LogP contribution in [0.2, 0.25) is 0 Å². The lowest BCUT2D eigenvalue weighted by atomic mass is 10.00. The summed E-state index contributed by atoms with van der Waals surface area (Å²) in [5.41, 5.74) is 2.88. The molecule has 8 nitrogen and oxygen atoms in total. The summed E-state index contributed by atoms with van der Waals surface area (Å²) < 4.78 is 26.3. The predicted molar refractivity (Wildman–Crippen MR) is 155 cm³/mol. The Balaban J connectivity index is 1.18. The van der Waals surface area contributed by atoms with Crippen LogP contribution < -0.4 is 16.0 Å². The van der Waals surface area contributed by atoms with Crippen LogP contribution in [0.4, 0.5) is 23.1 Å². The first-order chi connectivity index (χ1) is 18.5. The second kappa shape index (κ2) is 12.1. The maximum atomic E-state index is 13.5. The highest BCUT2D eigenvalue weighted by Gasteiger charge is 2.41. The van der Waals surface area contributed by atoms with Gasteiger partial charge in [0, 0.05) is 47.7 Å². The van der Waals surface area contributed by atoms with Crippen molar-refractivity contribution < 1.29 is 8.76 Å². The molecule has 4 aromatic rings. The SMILES string of the molecule is Cc1ccc(Nc2ccnc(Nc3ccc([S+](=O)(O)N4CCCC(CNCc5cccs5)C4)cc3)n2)cc1. The predicted octanol–water partition coefficient (Wildman–Crippen LogP) is 6.08. The van der Waals surface area contributed by atoms with Gasteiger partial charge in [-0.3, -0.25) is 0 Å². The molecule has 4 N–H and O–H groups in total. The summed E-state index contributed by atoms with van der Waals surface area (Å²) in [6.45, 7) is 4.94. The molecule has 0 amide bonds. The monoisotopic (exact) mass is 549 g/mol. The van der Waals surface area contributed by atoms with Crippen LogP contribution in [0, 0.1) is 12.8 Å². The Morgan fingerprint density at radius 3 is 2.58 bits per heavy atom. The molecule has 2 atom stereocenters. The zero-order valence-corrected chi connectivity index (χ0v) is 23.0. The minimum atomic E-state index is -3.31. The first kappa shape index (κ1) is 26.5. The van der Waals surface area contributed by atoms with Crippen molar-refractivity contribution in [2.45, 2.75) is 31.2 Å². The molecule has 0 saturated carbocycles. The molecule has 1 aliphatic rings. The molecule has 2 aromatic heterocycles. The molecule has 1 fully saturated rings. The topological polar surface area (TPSA) is 102 Å². The first-order valence-electron chi connectivity index (χ1n) is 12.7. The van der Waals surface area contributed by atoms with Crippen molar-refractivity contribution >= 4 is 44.9 Å². The van der Waals surface area contributed by atoms with E-state index in [2.05, 4.69) is 43.4 Å². The van der Waals surface area contributed by atoms with Crippen LogP contribution in [0.3, 0.4) is 0 Å². The zero-order chi connectivity index (χ0) is 26.4.